The van der Waals surface area contributed by atoms with Crippen LogP contribution in [0, 0.1) is 6.92 Å². The second-order valence-corrected chi connectivity index (χ2v) is 4.82. The molecule has 1 fully saturated rings. The van der Waals surface area contributed by atoms with Gasteiger partial charge in [-0.1, -0.05) is 0 Å². The lowest BCUT2D eigenvalue weighted by Crippen LogP contribution is -2.34. The van der Waals surface area contributed by atoms with Gasteiger partial charge in [-0.15, -0.1) is 0 Å². The molecule has 4 heteroatoms. The van der Waals surface area contributed by atoms with E-state index in [9.17, 15) is 9.90 Å². The molecule has 0 spiro atoms. The van der Waals surface area contributed by atoms with E-state index in [2.05, 4.69) is 0 Å². The number of aromatic hydroxyl groups is 1. The zero-order valence-electron chi connectivity index (χ0n) is 10.8. The van der Waals surface area contributed by atoms with Crippen molar-refractivity contribution in [1.29, 1.82) is 0 Å². The van der Waals surface area contributed by atoms with Crippen LogP contribution in [0.15, 0.2) is 18.2 Å². The van der Waals surface area contributed by atoms with Gasteiger partial charge >= 0.3 is 0 Å². The smallest absolute Gasteiger partial charge is 0.253 e. The molecule has 0 radical (unpaired) electrons. The molecular weight excluding hydrogens is 230 g/mol. The van der Waals surface area contributed by atoms with Crippen molar-refractivity contribution in [2.24, 2.45) is 0 Å². The lowest BCUT2D eigenvalue weighted by atomic mass is 10.1. The summed E-state index contributed by atoms with van der Waals surface area (Å²) in [6, 6.07) is 4.81. The van der Waals surface area contributed by atoms with Crippen LogP contribution in [0.1, 0.15) is 28.8 Å². The van der Waals surface area contributed by atoms with Crippen LogP contribution in [0.2, 0.25) is 0 Å². The maximum absolute atomic E-state index is 12.3. The third-order valence-corrected chi connectivity index (χ3v) is 3.29. The van der Waals surface area contributed by atoms with E-state index in [4.69, 9.17) is 4.74 Å². The second kappa shape index (κ2) is 5.40. The molecule has 2 rings (SSSR count). The summed E-state index contributed by atoms with van der Waals surface area (Å²) in [5.41, 5.74) is 1.42. The first-order valence-corrected chi connectivity index (χ1v) is 6.24. The van der Waals surface area contributed by atoms with E-state index < -0.39 is 0 Å². The minimum atomic E-state index is -0.0250. The number of amides is 1. The zero-order valence-corrected chi connectivity index (χ0v) is 10.8. The van der Waals surface area contributed by atoms with Crippen molar-refractivity contribution in [3.05, 3.63) is 29.3 Å². The second-order valence-electron chi connectivity index (χ2n) is 4.82. The fraction of sp³-hybridized carbons (Fsp3) is 0.500. The van der Waals surface area contributed by atoms with Crippen molar-refractivity contribution in [2.75, 3.05) is 20.2 Å². The molecule has 0 aliphatic carbocycles. The summed E-state index contributed by atoms with van der Waals surface area (Å²) < 4.78 is 5.53. The van der Waals surface area contributed by atoms with Crippen molar-refractivity contribution in [3.63, 3.8) is 0 Å². The number of phenols is 1. The summed E-state index contributed by atoms with van der Waals surface area (Å²) in [7, 11) is 1.79. The molecular formula is C14H19NO3. The predicted molar refractivity (Wildman–Crippen MR) is 68.8 cm³/mol. The van der Waals surface area contributed by atoms with Crippen molar-refractivity contribution in [2.45, 2.75) is 25.9 Å². The summed E-state index contributed by atoms with van der Waals surface area (Å²) in [6.45, 7) is 3.25. The number of ether oxygens (including phenoxy) is 1. The standard InChI is InChI=1S/C14H19NO3/c1-10-8-11(16)5-6-13(10)14(17)15(2)9-12-4-3-7-18-12/h5-6,8,12,16H,3-4,7,9H2,1-2H3. The average molecular weight is 249 g/mol. The maximum atomic E-state index is 12.3. The first-order chi connectivity index (χ1) is 8.58. The Bertz CT molecular complexity index is 439. The van der Waals surface area contributed by atoms with Crippen LogP contribution in [0.25, 0.3) is 0 Å². The van der Waals surface area contributed by atoms with E-state index in [1.54, 1.807) is 30.1 Å². The molecule has 4 nitrogen and oxygen atoms in total. The van der Waals surface area contributed by atoms with E-state index in [0.717, 1.165) is 25.0 Å². The van der Waals surface area contributed by atoms with E-state index in [1.807, 2.05) is 6.92 Å². The summed E-state index contributed by atoms with van der Waals surface area (Å²) in [6.07, 6.45) is 2.26. The topological polar surface area (TPSA) is 49.8 Å². The fourth-order valence-corrected chi connectivity index (χ4v) is 2.27. The van der Waals surface area contributed by atoms with E-state index in [0.29, 0.717) is 12.1 Å². The van der Waals surface area contributed by atoms with Gasteiger partial charge in [0.05, 0.1) is 6.10 Å². The number of phenolic OH excluding ortho intramolecular Hbond substituents is 1. The molecule has 98 valence electrons. The van der Waals surface area contributed by atoms with Crippen LogP contribution in [0.5, 0.6) is 5.75 Å². The average Bonchev–Trinajstić information content (AvgIpc) is 2.81. The van der Waals surface area contributed by atoms with Crippen LogP contribution in [0.3, 0.4) is 0 Å². The Morgan fingerprint density at radius 2 is 2.33 bits per heavy atom. The van der Waals surface area contributed by atoms with Gasteiger partial charge in [0.25, 0.3) is 5.91 Å². The molecule has 0 bridgehead atoms. The van der Waals surface area contributed by atoms with Gasteiger partial charge in [0.15, 0.2) is 0 Å². The lowest BCUT2D eigenvalue weighted by Gasteiger charge is -2.21. The third-order valence-electron chi connectivity index (χ3n) is 3.29. The first kappa shape index (κ1) is 12.9. The van der Waals surface area contributed by atoms with Gasteiger partial charge in [-0.2, -0.15) is 0 Å². The lowest BCUT2D eigenvalue weighted by molar-refractivity contribution is 0.0586. The summed E-state index contributed by atoms with van der Waals surface area (Å²) in [5, 5.41) is 9.34. The Labute approximate surface area is 107 Å². The van der Waals surface area contributed by atoms with Crippen LogP contribution in [-0.4, -0.2) is 42.2 Å². The highest BCUT2D eigenvalue weighted by Gasteiger charge is 2.21. The monoisotopic (exact) mass is 249 g/mol. The molecule has 1 saturated heterocycles. The molecule has 1 amide bonds. The van der Waals surface area contributed by atoms with Crippen molar-refractivity contribution < 1.29 is 14.6 Å². The van der Waals surface area contributed by atoms with Crippen LogP contribution < -0.4 is 0 Å². The van der Waals surface area contributed by atoms with Crippen LogP contribution >= 0.6 is 0 Å². The van der Waals surface area contributed by atoms with Crippen molar-refractivity contribution in [1.82, 2.24) is 4.90 Å². The van der Waals surface area contributed by atoms with E-state index in [1.165, 1.54) is 0 Å². The van der Waals surface area contributed by atoms with Crippen LogP contribution in [0.4, 0.5) is 0 Å². The highest BCUT2D eigenvalue weighted by atomic mass is 16.5. The Balaban J connectivity index is 2.05. The number of carbonyl (C=O) groups excluding carboxylic acids is 1. The molecule has 1 N–H and O–H groups in total. The van der Waals surface area contributed by atoms with Crippen molar-refractivity contribution in [3.8, 4) is 5.75 Å². The van der Waals surface area contributed by atoms with E-state index in [-0.39, 0.29) is 17.8 Å². The van der Waals surface area contributed by atoms with Gasteiger partial charge in [-0.3, -0.25) is 4.79 Å². The van der Waals surface area contributed by atoms with Crippen LogP contribution in [-0.2, 0) is 4.74 Å². The third kappa shape index (κ3) is 2.82. The number of aryl methyl sites for hydroxylation is 1. The summed E-state index contributed by atoms with van der Waals surface area (Å²) in [4.78, 5) is 13.9. The zero-order chi connectivity index (χ0) is 13.1. The van der Waals surface area contributed by atoms with Gasteiger partial charge in [-0.25, -0.2) is 0 Å². The quantitative estimate of drug-likeness (QED) is 0.890. The minimum absolute atomic E-state index is 0.0250. The number of carbonyl (C=O) groups is 1. The Morgan fingerprint density at radius 3 is 2.94 bits per heavy atom. The molecule has 1 heterocycles. The van der Waals surface area contributed by atoms with Gasteiger partial charge in [0.1, 0.15) is 5.75 Å². The number of benzene rings is 1. The molecule has 0 saturated carbocycles. The molecule has 18 heavy (non-hydrogen) atoms. The van der Waals surface area contributed by atoms with Gasteiger partial charge in [0.2, 0.25) is 0 Å². The number of likely N-dealkylation sites (N-methyl/N-ethyl adjacent to an activating group) is 1. The highest BCUT2D eigenvalue weighted by Crippen LogP contribution is 2.18. The Hall–Kier alpha value is -1.55. The molecule has 1 aliphatic heterocycles. The minimum Gasteiger partial charge on any atom is -0.508 e. The molecule has 1 aliphatic rings. The number of hydrogen-bond acceptors (Lipinski definition) is 3. The summed E-state index contributed by atoms with van der Waals surface area (Å²) >= 11 is 0. The Kier molecular flexibility index (Phi) is 3.87. The molecule has 1 unspecified atom stereocenters. The fourth-order valence-electron chi connectivity index (χ4n) is 2.27. The van der Waals surface area contributed by atoms with E-state index >= 15 is 0 Å². The van der Waals surface area contributed by atoms with Crippen molar-refractivity contribution >= 4 is 5.91 Å². The number of nitrogens with zero attached hydrogens (tertiary/aromatic N) is 1. The first-order valence-electron chi connectivity index (χ1n) is 6.24. The highest BCUT2D eigenvalue weighted by molar-refractivity contribution is 5.95. The SMILES string of the molecule is Cc1cc(O)ccc1C(=O)N(C)CC1CCCO1. The number of hydrogen-bond donors (Lipinski definition) is 1. The maximum Gasteiger partial charge on any atom is 0.253 e. The van der Waals surface area contributed by atoms with Gasteiger partial charge < -0.3 is 14.7 Å². The normalized spacial score (nSPS) is 18.9. The predicted octanol–water partition coefficient (Wildman–Crippen LogP) is 1.95. The van der Waals surface area contributed by atoms with Gasteiger partial charge in [-0.05, 0) is 43.5 Å². The molecule has 1 aromatic rings. The van der Waals surface area contributed by atoms with Gasteiger partial charge in [0, 0.05) is 25.8 Å². The largest absolute Gasteiger partial charge is 0.508 e. The molecule has 1 atom stereocenters. The molecule has 0 aromatic heterocycles. The Morgan fingerprint density at radius 1 is 1.56 bits per heavy atom. The summed E-state index contributed by atoms with van der Waals surface area (Å²) in [5.74, 6) is 0.161. The molecule has 1 aromatic carbocycles. The number of rotatable bonds is 3.